The quantitative estimate of drug-likeness (QED) is 0.448. The average Bonchev–Trinajstić information content (AvgIpc) is 2.36. The first-order valence-corrected chi connectivity index (χ1v) is 6.58. The maximum Gasteiger partial charge on any atom is 0.434 e. The summed E-state index contributed by atoms with van der Waals surface area (Å²) in [5, 5.41) is 0. The van der Waals surface area contributed by atoms with Gasteiger partial charge in [-0.2, -0.15) is 26.3 Å². The van der Waals surface area contributed by atoms with Crippen LogP contribution in [0, 0.1) is 3.57 Å². The van der Waals surface area contributed by atoms with Crippen molar-refractivity contribution < 1.29 is 26.3 Å². The van der Waals surface area contributed by atoms with E-state index in [1.807, 2.05) is 0 Å². The predicted molar refractivity (Wildman–Crippen MR) is 72.4 cm³/mol. The molecule has 112 valence electrons. The molecular weight excluding hydrogens is 411 g/mol. The van der Waals surface area contributed by atoms with Crippen LogP contribution >= 0.6 is 22.6 Å². The normalized spacial score (nSPS) is 12.5. The van der Waals surface area contributed by atoms with Crippen LogP contribution in [0.15, 0.2) is 36.5 Å². The number of alkyl halides is 6. The van der Waals surface area contributed by atoms with Crippen LogP contribution in [0.3, 0.4) is 0 Å². The minimum absolute atomic E-state index is 0.147. The zero-order valence-electron chi connectivity index (χ0n) is 10.1. The molecule has 21 heavy (non-hydrogen) atoms. The van der Waals surface area contributed by atoms with Gasteiger partial charge in [0.05, 0.1) is 9.13 Å². The van der Waals surface area contributed by atoms with Crippen molar-refractivity contribution >= 4 is 22.6 Å². The van der Waals surface area contributed by atoms with E-state index in [4.69, 9.17) is 0 Å². The van der Waals surface area contributed by atoms with E-state index in [-0.39, 0.29) is 14.7 Å². The van der Waals surface area contributed by atoms with E-state index in [2.05, 4.69) is 4.98 Å². The molecule has 0 saturated heterocycles. The summed E-state index contributed by atoms with van der Waals surface area (Å²) in [6, 6.07) is 5.64. The van der Waals surface area contributed by atoms with Gasteiger partial charge in [-0.25, -0.2) is 0 Å². The number of nitrogens with zero attached hydrogens (tertiary/aromatic N) is 1. The van der Waals surface area contributed by atoms with Gasteiger partial charge in [0.25, 0.3) is 0 Å². The second-order valence-electron chi connectivity index (χ2n) is 4.06. The van der Waals surface area contributed by atoms with E-state index in [0.717, 1.165) is 24.4 Å². The molecule has 0 atom stereocenters. The molecule has 0 aliphatic carbocycles. The number of hydrogen-bond acceptors (Lipinski definition) is 1. The topological polar surface area (TPSA) is 12.9 Å². The Balaban J connectivity index is 2.70. The molecule has 0 aliphatic rings. The molecule has 0 radical (unpaired) electrons. The lowest BCUT2D eigenvalue weighted by atomic mass is 9.99. The molecule has 2 aromatic rings. The molecule has 0 fully saturated rings. The Hall–Kier alpha value is -1.32. The lowest BCUT2D eigenvalue weighted by molar-refractivity contribution is -0.141. The Bertz CT molecular complexity index is 662. The summed E-state index contributed by atoms with van der Waals surface area (Å²) >= 11 is 1.36. The minimum atomic E-state index is -4.72. The highest BCUT2D eigenvalue weighted by Crippen LogP contribution is 2.41. The highest BCUT2D eigenvalue weighted by Gasteiger charge is 2.38. The maximum absolute atomic E-state index is 13.0. The van der Waals surface area contributed by atoms with E-state index in [0.29, 0.717) is 0 Å². The first-order valence-electron chi connectivity index (χ1n) is 5.50. The number of hydrogen-bond donors (Lipinski definition) is 0. The van der Waals surface area contributed by atoms with Gasteiger partial charge in [0, 0.05) is 6.20 Å². The van der Waals surface area contributed by atoms with Crippen LogP contribution < -0.4 is 0 Å². The van der Waals surface area contributed by atoms with E-state index in [9.17, 15) is 26.3 Å². The van der Waals surface area contributed by atoms with Gasteiger partial charge in [0.1, 0.15) is 0 Å². The van der Waals surface area contributed by atoms with E-state index in [1.54, 1.807) is 0 Å². The third-order valence-electron chi connectivity index (χ3n) is 2.68. The lowest BCUT2D eigenvalue weighted by Crippen LogP contribution is -2.12. The van der Waals surface area contributed by atoms with E-state index < -0.39 is 23.6 Å². The second kappa shape index (κ2) is 5.47. The molecule has 0 aliphatic heterocycles. The number of pyridine rings is 1. The molecule has 8 heteroatoms. The highest BCUT2D eigenvalue weighted by molar-refractivity contribution is 14.1. The molecular formula is C13H6F6IN. The van der Waals surface area contributed by atoms with Crippen LogP contribution in [0.4, 0.5) is 26.3 Å². The first kappa shape index (κ1) is 16.1. The number of aromatic nitrogens is 1. The van der Waals surface area contributed by atoms with Gasteiger partial charge < -0.3 is 0 Å². The summed E-state index contributed by atoms with van der Waals surface area (Å²) in [7, 11) is 0. The van der Waals surface area contributed by atoms with Crippen molar-refractivity contribution in [3.05, 3.63) is 51.4 Å². The fraction of sp³-hybridized carbons (Fsp3) is 0.154. The maximum atomic E-state index is 13.0. The molecule has 0 unspecified atom stereocenters. The van der Waals surface area contributed by atoms with E-state index in [1.165, 1.54) is 34.7 Å². The third-order valence-corrected chi connectivity index (χ3v) is 3.77. The van der Waals surface area contributed by atoms with E-state index >= 15 is 0 Å². The van der Waals surface area contributed by atoms with Crippen molar-refractivity contribution in [2.75, 3.05) is 0 Å². The fourth-order valence-corrected chi connectivity index (χ4v) is 2.73. The summed E-state index contributed by atoms with van der Waals surface area (Å²) in [4.78, 5) is 3.21. The smallest absolute Gasteiger partial charge is 0.251 e. The van der Waals surface area contributed by atoms with Crippen molar-refractivity contribution in [1.29, 1.82) is 0 Å². The van der Waals surface area contributed by atoms with Gasteiger partial charge in [-0.3, -0.25) is 4.98 Å². The first-order chi connectivity index (χ1) is 9.62. The molecule has 2 rings (SSSR count). The number of halogens is 7. The Kier molecular flexibility index (Phi) is 4.18. The highest BCUT2D eigenvalue weighted by atomic mass is 127. The van der Waals surface area contributed by atoms with Crippen LogP contribution in [0.5, 0.6) is 0 Å². The Morgan fingerprint density at radius 1 is 0.810 bits per heavy atom. The van der Waals surface area contributed by atoms with Crippen LogP contribution in [-0.4, -0.2) is 4.98 Å². The molecule has 0 bridgehead atoms. The molecule has 0 saturated carbocycles. The van der Waals surface area contributed by atoms with Crippen molar-refractivity contribution in [1.82, 2.24) is 4.98 Å². The molecule has 1 heterocycles. The summed E-state index contributed by atoms with van der Waals surface area (Å²) < 4.78 is 76.9. The average molecular weight is 417 g/mol. The van der Waals surface area contributed by atoms with Crippen molar-refractivity contribution in [3.8, 4) is 11.1 Å². The Morgan fingerprint density at radius 3 is 2.00 bits per heavy atom. The van der Waals surface area contributed by atoms with Gasteiger partial charge in [-0.15, -0.1) is 0 Å². The molecule has 1 nitrogen and oxygen atoms in total. The molecule has 1 aromatic carbocycles. The lowest BCUT2D eigenvalue weighted by Gasteiger charge is -2.16. The van der Waals surface area contributed by atoms with Gasteiger partial charge in [-0.1, -0.05) is 18.2 Å². The fourth-order valence-electron chi connectivity index (χ4n) is 1.81. The molecule has 0 amide bonds. The van der Waals surface area contributed by atoms with Crippen LogP contribution in [0.1, 0.15) is 11.3 Å². The van der Waals surface area contributed by atoms with Crippen LogP contribution in [0.25, 0.3) is 11.1 Å². The second-order valence-corrected chi connectivity index (χ2v) is 5.14. The van der Waals surface area contributed by atoms with Gasteiger partial charge in [0.15, 0.2) is 5.69 Å². The van der Waals surface area contributed by atoms with Crippen LogP contribution in [-0.2, 0) is 12.4 Å². The summed E-state index contributed by atoms with van der Waals surface area (Å²) in [5.74, 6) is 0. The summed E-state index contributed by atoms with van der Waals surface area (Å²) in [6.45, 7) is 0. The molecule has 1 aromatic heterocycles. The largest absolute Gasteiger partial charge is 0.434 e. The summed E-state index contributed by atoms with van der Waals surface area (Å²) in [5.41, 5.74) is -2.63. The van der Waals surface area contributed by atoms with Gasteiger partial charge in [0.2, 0.25) is 0 Å². The van der Waals surface area contributed by atoms with Crippen LogP contribution in [0.2, 0.25) is 0 Å². The van der Waals surface area contributed by atoms with Gasteiger partial charge in [-0.05, 0) is 45.9 Å². The number of benzene rings is 1. The standard InChI is InChI=1S/C13H6F6IN/c14-12(15,16)9-4-2-1-3-7(9)8-5-6-21-11(10(8)20)13(17,18)19/h1-6H. The predicted octanol–water partition coefficient (Wildman–Crippen LogP) is 5.39. The zero-order chi connectivity index (χ0) is 15.8. The molecule has 0 spiro atoms. The van der Waals surface area contributed by atoms with Crippen molar-refractivity contribution in [3.63, 3.8) is 0 Å². The SMILES string of the molecule is FC(F)(F)c1ccccc1-c1ccnc(C(F)(F)F)c1I. The monoisotopic (exact) mass is 417 g/mol. The summed E-state index contributed by atoms with van der Waals surface area (Å²) in [6.07, 6.45) is -8.52. The molecule has 0 N–H and O–H groups in total. The Labute approximate surface area is 129 Å². The Morgan fingerprint density at radius 2 is 1.43 bits per heavy atom. The minimum Gasteiger partial charge on any atom is -0.251 e. The van der Waals surface area contributed by atoms with Gasteiger partial charge >= 0.3 is 12.4 Å². The zero-order valence-corrected chi connectivity index (χ0v) is 12.2. The third kappa shape index (κ3) is 3.30. The van der Waals surface area contributed by atoms with Crippen molar-refractivity contribution in [2.24, 2.45) is 0 Å². The van der Waals surface area contributed by atoms with Crippen molar-refractivity contribution in [2.45, 2.75) is 12.4 Å². The number of rotatable bonds is 1.